The van der Waals surface area contributed by atoms with Gasteiger partial charge in [-0.05, 0) is 43.9 Å². The Bertz CT molecular complexity index is 644. The van der Waals surface area contributed by atoms with Crippen LogP contribution in [0.5, 0.6) is 0 Å². The number of hydrogen-bond acceptors (Lipinski definition) is 5. The number of aliphatic hydroxyl groups excluding tert-OH is 2. The van der Waals surface area contributed by atoms with Crippen LogP contribution in [0.3, 0.4) is 0 Å². The van der Waals surface area contributed by atoms with Crippen molar-refractivity contribution in [3.05, 3.63) is 23.8 Å². The molecule has 152 valence electrons. The smallest absolute Gasteiger partial charge is 0.334 e. The summed E-state index contributed by atoms with van der Waals surface area (Å²) in [4.78, 5) is 24.2. The second kappa shape index (κ2) is 8.06. The molecule has 0 bridgehead atoms. The van der Waals surface area contributed by atoms with Gasteiger partial charge in [0.2, 0.25) is 0 Å². The zero-order chi connectivity index (χ0) is 20.6. The topological polar surface area (TPSA) is 83.8 Å². The van der Waals surface area contributed by atoms with Crippen molar-refractivity contribution >= 4 is 23.9 Å². The van der Waals surface area contributed by atoms with E-state index in [2.05, 4.69) is 13.5 Å². The van der Waals surface area contributed by atoms with Crippen molar-refractivity contribution in [2.75, 3.05) is 7.11 Å². The van der Waals surface area contributed by atoms with E-state index in [1.165, 1.54) is 7.11 Å². The normalized spacial score (nSPS) is 39.7. The van der Waals surface area contributed by atoms with E-state index in [1.807, 2.05) is 6.92 Å². The molecule has 0 spiro atoms. The SMILES string of the molecule is C=C(C)C(O)CC[C@]1(C)[C@@H](Cl)C[C@H](O)[C@]2(C)[C@@H](C=O)C(C(=O)OC)=CC[C@@H]12. The molecule has 1 unspecified atom stereocenters. The van der Waals surface area contributed by atoms with E-state index in [-0.39, 0.29) is 11.3 Å². The number of ether oxygens (including phenoxy) is 1. The first-order valence-electron chi connectivity index (χ1n) is 9.43. The molecule has 0 aromatic heterocycles. The molecule has 6 heteroatoms. The third kappa shape index (κ3) is 3.62. The molecule has 2 aliphatic carbocycles. The lowest BCUT2D eigenvalue weighted by atomic mass is 9.46. The van der Waals surface area contributed by atoms with E-state index in [0.29, 0.717) is 36.8 Å². The first-order valence-corrected chi connectivity index (χ1v) is 9.86. The fraction of sp³-hybridized carbons (Fsp3) is 0.714. The number of carbonyl (C=O) groups is 2. The second-order valence-electron chi connectivity index (χ2n) is 8.54. The molecule has 1 saturated carbocycles. The summed E-state index contributed by atoms with van der Waals surface area (Å²) in [5.74, 6) is -1.41. The highest BCUT2D eigenvalue weighted by molar-refractivity contribution is 6.21. The van der Waals surface area contributed by atoms with E-state index in [9.17, 15) is 19.8 Å². The summed E-state index contributed by atoms with van der Waals surface area (Å²) in [5.41, 5.74) is -0.229. The van der Waals surface area contributed by atoms with Crippen LogP contribution < -0.4 is 0 Å². The molecule has 0 aromatic rings. The van der Waals surface area contributed by atoms with E-state index >= 15 is 0 Å². The van der Waals surface area contributed by atoms with Gasteiger partial charge in [0.25, 0.3) is 0 Å². The minimum absolute atomic E-state index is 0.114. The summed E-state index contributed by atoms with van der Waals surface area (Å²) in [6.45, 7) is 9.52. The number of esters is 1. The second-order valence-corrected chi connectivity index (χ2v) is 9.07. The van der Waals surface area contributed by atoms with E-state index in [4.69, 9.17) is 16.3 Å². The van der Waals surface area contributed by atoms with E-state index in [1.54, 1.807) is 13.0 Å². The molecule has 2 N–H and O–H groups in total. The Morgan fingerprint density at radius 1 is 1.52 bits per heavy atom. The molecule has 0 saturated heterocycles. The number of aldehydes is 1. The van der Waals surface area contributed by atoms with Crippen LogP contribution >= 0.6 is 11.6 Å². The number of alkyl halides is 1. The van der Waals surface area contributed by atoms with Crippen LogP contribution in [0.15, 0.2) is 23.8 Å². The van der Waals surface area contributed by atoms with Crippen molar-refractivity contribution in [2.24, 2.45) is 22.7 Å². The third-order valence-corrected chi connectivity index (χ3v) is 7.75. The molecule has 5 nitrogen and oxygen atoms in total. The zero-order valence-corrected chi connectivity index (χ0v) is 17.3. The summed E-state index contributed by atoms with van der Waals surface area (Å²) in [6.07, 6.45) is 3.07. The molecule has 0 amide bonds. The van der Waals surface area contributed by atoms with Crippen LogP contribution in [0, 0.1) is 22.7 Å². The first kappa shape index (κ1) is 22.1. The van der Waals surface area contributed by atoms with E-state index in [0.717, 1.165) is 6.29 Å². The number of fused-ring (bicyclic) bond motifs is 1. The molecule has 0 heterocycles. The summed E-state index contributed by atoms with van der Waals surface area (Å²) in [7, 11) is 1.29. The highest BCUT2D eigenvalue weighted by Crippen LogP contribution is 2.62. The lowest BCUT2D eigenvalue weighted by molar-refractivity contribution is -0.153. The molecule has 0 aromatic carbocycles. The van der Waals surface area contributed by atoms with Crippen molar-refractivity contribution in [3.8, 4) is 0 Å². The van der Waals surface area contributed by atoms with Gasteiger partial charge < -0.3 is 19.7 Å². The maximum Gasteiger partial charge on any atom is 0.334 e. The monoisotopic (exact) mass is 398 g/mol. The van der Waals surface area contributed by atoms with Gasteiger partial charge in [0.05, 0.1) is 25.2 Å². The third-order valence-electron chi connectivity index (χ3n) is 7.07. The van der Waals surface area contributed by atoms with E-state index < -0.39 is 34.9 Å². The lowest BCUT2D eigenvalue weighted by Crippen LogP contribution is -2.61. The van der Waals surface area contributed by atoms with Gasteiger partial charge in [-0.2, -0.15) is 0 Å². The minimum Gasteiger partial charge on any atom is -0.466 e. The average Bonchev–Trinajstić information content (AvgIpc) is 2.63. The summed E-state index contributed by atoms with van der Waals surface area (Å²) < 4.78 is 4.84. The molecule has 2 rings (SSSR count). The fourth-order valence-electron chi connectivity index (χ4n) is 5.11. The van der Waals surface area contributed by atoms with Gasteiger partial charge in [-0.25, -0.2) is 4.79 Å². The van der Waals surface area contributed by atoms with Crippen LogP contribution in [-0.2, 0) is 14.3 Å². The number of carbonyl (C=O) groups excluding carboxylic acids is 2. The largest absolute Gasteiger partial charge is 0.466 e. The molecule has 0 aliphatic heterocycles. The van der Waals surface area contributed by atoms with Crippen molar-refractivity contribution < 1.29 is 24.5 Å². The summed E-state index contributed by atoms with van der Waals surface area (Å²) >= 11 is 6.72. The molecule has 0 radical (unpaired) electrons. The van der Waals surface area contributed by atoms with Gasteiger partial charge in [0.15, 0.2) is 0 Å². The van der Waals surface area contributed by atoms with Crippen LogP contribution in [0.25, 0.3) is 0 Å². The lowest BCUT2D eigenvalue weighted by Gasteiger charge is -2.60. The number of allylic oxidation sites excluding steroid dienone is 1. The summed E-state index contributed by atoms with van der Waals surface area (Å²) in [6, 6.07) is 0. The van der Waals surface area contributed by atoms with Crippen LogP contribution in [-0.4, -0.2) is 47.2 Å². The standard InChI is InChI=1S/C21H31ClO5/c1-12(2)15(24)8-9-20(3)16-7-6-13(19(26)27-5)14(11-23)21(16,4)18(25)10-17(20)22/h6,11,14-18,24-25H,1,7-10H2,2-5H3/t14-,15?,16-,17-,18-,20-,21+/m0/s1. The predicted molar refractivity (Wildman–Crippen MR) is 104 cm³/mol. The Morgan fingerprint density at radius 2 is 2.15 bits per heavy atom. The molecule has 27 heavy (non-hydrogen) atoms. The van der Waals surface area contributed by atoms with Crippen molar-refractivity contribution in [1.82, 2.24) is 0 Å². The molecular formula is C21H31ClO5. The molecule has 7 atom stereocenters. The maximum atomic E-state index is 12.2. The molecular weight excluding hydrogens is 368 g/mol. The number of hydrogen-bond donors (Lipinski definition) is 2. The van der Waals surface area contributed by atoms with Gasteiger partial charge in [0, 0.05) is 16.4 Å². The van der Waals surface area contributed by atoms with Gasteiger partial charge in [0.1, 0.15) is 6.29 Å². The molecule has 1 fully saturated rings. The maximum absolute atomic E-state index is 12.2. The average molecular weight is 399 g/mol. The Kier molecular flexibility index (Phi) is 6.60. The first-order chi connectivity index (χ1) is 12.5. The highest BCUT2D eigenvalue weighted by atomic mass is 35.5. The Hall–Kier alpha value is -1.17. The number of aliphatic hydroxyl groups is 2. The van der Waals surface area contributed by atoms with Crippen molar-refractivity contribution in [2.45, 2.75) is 64.0 Å². The van der Waals surface area contributed by atoms with Gasteiger partial charge >= 0.3 is 5.97 Å². The minimum atomic E-state index is -0.825. The molecule has 2 aliphatic rings. The predicted octanol–water partition coefficient (Wildman–Crippen LogP) is 3.02. The van der Waals surface area contributed by atoms with Crippen LogP contribution in [0.2, 0.25) is 0 Å². The Labute approximate surface area is 166 Å². The van der Waals surface area contributed by atoms with Gasteiger partial charge in [-0.15, -0.1) is 11.6 Å². The number of rotatable bonds is 6. The van der Waals surface area contributed by atoms with Gasteiger partial charge in [-0.3, -0.25) is 0 Å². The highest BCUT2D eigenvalue weighted by Gasteiger charge is 2.61. The summed E-state index contributed by atoms with van der Waals surface area (Å²) in [5, 5.41) is 20.8. The fourth-order valence-corrected chi connectivity index (χ4v) is 5.54. The Morgan fingerprint density at radius 3 is 2.67 bits per heavy atom. The quantitative estimate of drug-likeness (QED) is 0.311. The number of halogens is 1. The van der Waals surface area contributed by atoms with Crippen molar-refractivity contribution in [1.29, 1.82) is 0 Å². The number of methoxy groups -OCH3 is 1. The zero-order valence-electron chi connectivity index (χ0n) is 16.6. The van der Waals surface area contributed by atoms with Crippen LogP contribution in [0.4, 0.5) is 0 Å². The Balaban J connectivity index is 2.46. The van der Waals surface area contributed by atoms with Crippen LogP contribution in [0.1, 0.15) is 46.5 Å². The van der Waals surface area contributed by atoms with Crippen molar-refractivity contribution in [3.63, 3.8) is 0 Å². The van der Waals surface area contributed by atoms with Gasteiger partial charge in [-0.1, -0.05) is 32.1 Å².